The normalized spacial score (nSPS) is 10.5. The van der Waals surface area contributed by atoms with E-state index in [1.807, 2.05) is 0 Å². The highest BCUT2D eigenvalue weighted by molar-refractivity contribution is 6.30. The molecule has 2 rings (SSSR count). The Morgan fingerprint density at radius 3 is 3.00 bits per heavy atom. The molecule has 0 aliphatic heterocycles. The van der Waals surface area contributed by atoms with Crippen LogP contribution in [0.25, 0.3) is 0 Å². The van der Waals surface area contributed by atoms with E-state index in [1.54, 1.807) is 7.05 Å². The van der Waals surface area contributed by atoms with Crippen molar-refractivity contribution in [1.82, 2.24) is 15.5 Å². The van der Waals surface area contributed by atoms with Crippen LogP contribution in [0.2, 0.25) is 5.02 Å². The summed E-state index contributed by atoms with van der Waals surface area (Å²) < 4.78 is 18.6. The van der Waals surface area contributed by atoms with Gasteiger partial charge in [-0.25, -0.2) is 4.39 Å². The van der Waals surface area contributed by atoms with Gasteiger partial charge in [0.2, 0.25) is 5.89 Å². The van der Waals surface area contributed by atoms with Gasteiger partial charge in [0.15, 0.2) is 0 Å². The van der Waals surface area contributed by atoms with E-state index in [0.717, 1.165) is 0 Å². The fourth-order valence-corrected chi connectivity index (χ4v) is 1.41. The third kappa shape index (κ3) is 2.92. The minimum Gasteiger partial charge on any atom is -0.406 e. The molecule has 90 valence electrons. The predicted molar refractivity (Wildman–Crippen MR) is 61.8 cm³/mol. The van der Waals surface area contributed by atoms with Crippen molar-refractivity contribution in [1.29, 1.82) is 0 Å². The van der Waals surface area contributed by atoms with Crippen LogP contribution in [0, 0.1) is 5.82 Å². The van der Waals surface area contributed by atoms with E-state index in [1.165, 1.54) is 18.2 Å². The predicted octanol–water partition coefficient (Wildman–Crippen LogP) is 2.33. The van der Waals surface area contributed by atoms with Crippen molar-refractivity contribution >= 4 is 23.3 Å². The van der Waals surface area contributed by atoms with E-state index in [0.29, 0.717) is 17.5 Å². The van der Waals surface area contributed by atoms with Crippen LogP contribution < -0.4 is 10.6 Å². The molecule has 17 heavy (non-hydrogen) atoms. The van der Waals surface area contributed by atoms with Crippen molar-refractivity contribution in [3.8, 4) is 0 Å². The molecule has 5 nitrogen and oxygen atoms in total. The van der Waals surface area contributed by atoms with Crippen LogP contribution in [0.5, 0.6) is 0 Å². The number of halogens is 2. The maximum Gasteiger partial charge on any atom is 0.320 e. The second-order valence-corrected chi connectivity index (χ2v) is 3.72. The van der Waals surface area contributed by atoms with Gasteiger partial charge in [-0.1, -0.05) is 16.7 Å². The van der Waals surface area contributed by atoms with E-state index in [9.17, 15) is 4.39 Å². The molecule has 0 spiro atoms. The third-order valence-electron chi connectivity index (χ3n) is 1.96. The van der Waals surface area contributed by atoms with Crippen LogP contribution in [-0.2, 0) is 6.54 Å². The summed E-state index contributed by atoms with van der Waals surface area (Å²) in [5.41, 5.74) is 0.192. The number of benzene rings is 1. The molecule has 0 fully saturated rings. The van der Waals surface area contributed by atoms with E-state index in [4.69, 9.17) is 16.0 Å². The molecule has 0 aliphatic carbocycles. The number of anilines is 2. The molecule has 2 N–H and O–H groups in total. The summed E-state index contributed by atoms with van der Waals surface area (Å²) in [5, 5.41) is 13.4. The average Bonchev–Trinajstić information content (AvgIpc) is 2.72. The molecule has 0 saturated carbocycles. The van der Waals surface area contributed by atoms with Gasteiger partial charge in [0.1, 0.15) is 5.82 Å². The highest BCUT2D eigenvalue weighted by Gasteiger charge is 2.08. The Morgan fingerprint density at radius 2 is 2.24 bits per heavy atom. The van der Waals surface area contributed by atoms with Crippen molar-refractivity contribution in [2.75, 3.05) is 12.4 Å². The maximum atomic E-state index is 13.4. The lowest BCUT2D eigenvalue weighted by molar-refractivity contribution is 0.492. The zero-order valence-electron chi connectivity index (χ0n) is 9.00. The van der Waals surface area contributed by atoms with Gasteiger partial charge in [0.05, 0.1) is 12.2 Å². The zero-order chi connectivity index (χ0) is 12.3. The zero-order valence-corrected chi connectivity index (χ0v) is 9.75. The molecule has 0 aliphatic rings. The molecule has 0 atom stereocenters. The van der Waals surface area contributed by atoms with Gasteiger partial charge in [-0.05, 0) is 25.2 Å². The first-order chi connectivity index (χ1) is 8.19. The number of nitrogens with one attached hydrogen (secondary N) is 2. The number of aromatic nitrogens is 2. The Balaban J connectivity index is 2.16. The minimum absolute atomic E-state index is 0.122. The lowest BCUT2D eigenvalue weighted by Gasteiger charge is -2.02. The molecule has 2 aromatic rings. The lowest BCUT2D eigenvalue weighted by Crippen LogP contribution is -2.04. The number of nitrogens with zero attached hydrogens (tertiary/aromatic N) is 2. The van der Waals surface area contributed by atoms with Crippen molar-refractivity contribution < 1.29 is 8.81 Å². The van der Waals surface area contributed by atoms with E-state index >= 15 is 0 Å². The van der Waals surface area contributed by atoms with Crippen molar-refractivity contribution in [3.05, 3.63) is 34.9 Å². The van der Waals surface area contributed by atoms with Crippen LogP contribution >= 0.6 is 11.6 Å². The SMILES string of the molecule is CNCc1nnc(Nc2cc(Cl)ccc2F)o1. The van der Waals surface area contributed by atoms with Crippen molar-refractivity contribution in [3.63, 3.8) is 0 Å². The molecular formula is C10H10ClFN4O. The Hall–Kier alpha value is -1.66. The first-order valence-electron chi connectivity index (χ1n) is 4.88. The average molecular weight is 257 g/mol. The molecular weight excluding hydrogens is 247 g/mol. The second kappa shape index (κ2) is 5.11. The van der Waals surface area contributed by atoms with Crippen LogP contribution in [0.3, 0.4) is 0 Å². The van der Waals surface area contributed by atoms with Crippen LogP contribution in [0.1, 0.15) is 5.89 Å². The van der Waals surface area contributed by atoms with Crippen molar-refractivity contribution in [2.45, 2.75) is 6.54 Å². The van der Waals surface area contributed by atoms with Crippen LogP contribution in [0.15, 0.2) is 22.6 Å². The Kier molecular flexibility index (Phi) is 3.55. The van der Waals surface area contributed by atoms with Gasteiger partial charge in [-0.3, -0.25) is 0 Å². The molecule has 0 radical (unpaired) electrons. The van der Waals surface area contributed by atoms with Crippen molar-refractivity contribution in [2.24, 2.45) is 0 Å². The summed E-state index contributed by atoms with van der Waals surface area (Å²) in [6, 6.07) is 4.29. The van der Waals surface area contributed by atoms with E-state index < -0.39 is 5.82 Å². The van der Waals surface area contributed by atoms with Gasteiger partial charge >= 0.3 is 6.01 Å². The molecule has 1 aromatic carbocycles. The number of rotatable bonds is 4. The number of hydrogen-bond acceptors (Lipinski definition) is 5. The standard InChI is InChI=1S/C10H10ClFN4O/c1-13-5-9-15-16-10(17-9)14-8-4-6(11)2-3-7(8)12/h2-4,13H,5H2,1H3,(H,14,16). The summed E-state index contributed by atoms with van der Waals surface area (Å²) in [5.74, 6) is -0.0276. The topological polar surface area (TPSA) is 63.0 Å². The van der Waals surface area contributed by atoms with Gasteiger partial charge in [0, 0.05) is 5.02 Å². The molecule has 0 amide bonds. The monoisotopic (exact) mass is 256 g/mol. The molecule has 0 unspecified atom stereocenters. The summed E-state index contributed by atoms with van der Waals surface area (Å²) in [4.78, 5) is 0. The Bertz CT molecular complexity index is 517. The Labute approximate surface area is 102 Å². The first-order valence-corrected chi connectivity index (χ1v) is 5.26. The smallest absolute Gasteiger partial charge is 0.320 e. The summed E-state index contributed by atoms with van der Waals surface area (Å²) in [6.07, 6.45) is 0. The fourth-order valence-electron chi connectivity index (χ4n) is 1.24. The molecule has 1 aromatic heterocycles. The quantitative estimate of drug-likeness (QED) is 0.879. The lowest BCUT2D eigenvalue weighted by atomic mass is 10.3. The number of hydrogen-bond donors (Lipinski definition) is 2. The highest BCUT2D eigenvalue weighted by Crippen LogP contribution is 2.22. The van der Waals surface area contributed by atoms with Gasteiger partial charge in [-0.2, -0.15) is 0 Å². The molecule has 0 saturated heterocycles. The molecule has 7 heteroatoms. The minimum atomic E-state index is -0.442. The summed E-state index contributed by atoms with van der Waals surface area (Å²) in [7, 11) is 1.76. The fraction of sp³-hybridized carbons (Fsp3) is 0.200. The van der Waals surface area contributed by atoms with Gasteiger partial charge < -0.3 is 15.1 Å². The largest absolute Gasteiger partial charge is 0.406 e. The highest BCUT2D eigenvalue weighted by atomic mass is 35.5. The first kappa shape index (κ1) is 11.8. The molecule has 1 heterocycles. The summed E-state index contributed by atoms with van der Waals surface area (Å²) >= 11 is 5.75. The van der Waals surface area contributed by atoms with Crippen LogP contribution in [0.4, 0.5) is 16.1 Å². The molecule has 0 bridgehead atoms. The van der Waals surface area contributed by atoms with E-state index in [-0.39, 0.29) is 11.7 Å². The third-order valence-corrected chi connectivity index (χ3v) is 2.20. The maximum absolute atomic E-state index is 13.4. The van der Waals surface area contributed by atoms with Gasteiger partial charge in [0.25, 0.3) is 0 Å². The van der Waals surface area contributed by atoms with Gasteiger partial charge in [-0.15, -0.1) is 5.10 Å². The summed E-state index contributed by atoms with van der Waals surface area (Å²) in [6.45, 7) is 0.451. The second-order valence-electron chi connectivity index (χ2n) is 3.28. The Morgan fingerprint density at radius 1 is 1.41 bits per heavy atom. The van der Waals surface area contributed by atoms with E-state index in [2.05, 4.69) is 20.8 Å². The van der Waals surface area contributed by atoms with Crippen LogP contribution in [-0.4, -0.2) is 17.2 Å².